The molecule has 3 heteroatoms. The molecule has 2 nitrogen and oxygen atoms in total. The van der Waals surface area contributed by atoms with Crippen molar-refractivity contribution in [3.05, 3.63) is 59.4 Å². The van der Waals surface area contributed by atoms with Crippen molar-refractivity contribution in [1.82, 2.24) is 5.32 Å². The van der Waals surface area contributed by atoms with Crippen LogP contribution in [0.15, 0.2) is 42.5 Å². The summed E-state index contributed by atoms with van der Waals surface area (Å²) in [6.45, 7) is 5.61. The molecule has 0 aliphatic heterocycles. The number of hydrogen-bond acceptors (Lipinski definition) is 2. The summed E-state index contributed by atoms with van der Waals surface area (Å²) in [7, 11) is 1.98. The minimum Gasteiger partial charge on any atom is -0.344 e. The van der Waals surface area contributed by atoms with Gasteiger partial charge in [0.15, 0.2) is 0 Å². The minimum atomic E-state index is -0.157. The van der Waals surface area contributed by atoms with Crippen LogP contribution in [0, 0.1) is 12.7 Å². The summed E-state index contributed by atoms with van der Waals surface area (Å²) in [6, 6.07) is 13.5. The maximum absolute atomic E-state index is 14.2. The Balaban J connectivity index is 2.31. The van der Waals surface area contributed by atoms with E-state index in [4.69, 9.17) is 0 Å². The zero-order valence-electron chi connectivity index (χ0n) is 13.0. The molecule has 0 unspecified atom stereocenters. The van der Waals surface area contributed by atoms with Gasteiger partial charge >= 0.3 is 0 Å². The first-order chi connectivity index (χ1) is 10.1. The van der Waals surface area contributed by atoms with Crippen LogP contribution in [0.3, 0.4) is 0 Å². The highest BCUT2D eigenvalue weighted by molar-refractivity contribution is 5.66. The molecule has 0 heterocycles. The third kappa shape index (κ3) is 3.82. The van der Waals surface area contributed by atoms with Crippen LogP contribution in [-0.2, 0) is 6.54 Å². The van der Waals surface area contributed by atoms with Crippen LogP contribution < -0.4 is 10.2 Å². The molecule has 112 valence electrons. The molecule has 0 amide bonds. The molecule has 2 aromatic rings. The summed E-state index contributed by atoms with van der Waals surface area (Å²) in [5.41, 5.74) is 3.89. The van der Waals surface area contributed by atoms with E-state index in [2.05, 4.69) is 31.3 Å². The lowest BCUT2D eigenvalue weighted by Crippen LogP contribution is -2.19. The van der Waals surface area contributed by atoms with Crippen molar-refractivity contribution in [2.24, 2.45) is 0 Å². The van der Waals surface area contributed by atoms with Gasteiger partial charge in [0.1, 0.15) is 5.82 Å². The standard InChI is InChI=1S/C18H23FN2/c1-4-11-20-13-16-17(19)9-6-10-18(16)21(3)15-8-5-7-14(2)12-15/h5-10,12,20H,4,11,13H2,1-3H3. The molecule has 1 N–H and O–H groups in total. The number of nitrogens with one attached hydrogen (secondary N) is 1. The van der Waals surface area contributed by atoms with Gasteiger partial charge in [0, 0.05) is 30.5 Å². The van der Waals surface area contributed by atoms with Crippen LogP contribution in [-0.4, -0.2) is 13.6 Å². The molecule has 2 aromatic carbocycles. The number of anilines is 2. The van der Waals surface area contributed by atoms with Crippen molar-refractivity contribution in [3.8, 4) is 0 Å². The molecule has 0 fully saturated rings. The molecular formula is C18H23FN2. The third-order valence-corrected chi connectivity index (χ3v) is 3.57. The molecule has 0 saturated carbocycles. The molecule has 0 bridgehead atoms. The lowest BCUT2D eigenvalue weighted by atomic mass is 10.1. The fourth-order valence-electron chi connectivity index (χ4n) is 2.40. The highest BCUT2D eigenvalue weighted by Gasteiger charge is 2.13. The van der Waals surface area contributed by atoms with Crippen molar-refractivity contribution >= 4 is 11.4 Å². The van der Waals surface area contributed by atoms with Crippen LogP contribution in [0.2, 0.25) is 0 Å². The Kier molecular flexibility index (Phi) is 5.34. The average Bonchev–Trinajstić information content (AvgIpc) is 2.48. The highest BCUT2D eigenvalue weighted by Crippen LogP contribution is 2.29. The second-order valence-corrected chi connectivity index (χ2v) is 5.31. The van der Waals surface area contributed by atoms with Crippen molar-refractivity contribution in [2.45, 2.75) is 26.8 Å². The molecule has 0 aromatic heterocycles. The monoisotopic (exact) mass is 286 g/mol. The SMILES string of the molecule is CCCNCc1c(F)cccc1N(C)c1cccc(C)c1. The zero-order chi connectivity index (χ0) is 15.2. The smallest absolute Gasteiger partial charge is 0.129 e. The normalized spacial score (nSPS) is 10.7. The van der Waals surface area contributed by atoms with Crippen molar-refractivity contribution in [2.75, 3.05) is 18.5 Å². The van der Waals surface area contributed by atoms with Gasteiger partial charge in [-0.05, 0) is 49.7 Å². The Morgan fingerprint density at radius 1 is 1.14 bits per heavy atom. The fourth-order valence-corrected chi connectivity index (χ4v) is 2.40. The second-order valence-electron chi connectivity index (χ2n) is 5.31. The minimum absolute atomic E-state index is 0.157. The topological polar surface area (TPSA) is 15.3 Å². The van der Waals surface area contributed by atoms with E-state index >= 15 is 0 Å². The molecule has 0 radical (unpaired) electrons. The Labute approximate surface area is 126 Å². The number of nitrogens with zero attached hydrogens (tertiary/aromatic N) is 1. The molecule has 2 rings (SSSR count). The van der Waals surface area contributed by atoms with Gasteiger partial charge in [-0.25, -0.2) is 4.39 Å². The first-order valence-corrected chi connectivity index (χ1v) is 7.42. The summed E-state index contributed by atoms with van der Waals surface area (Å²) >= 11 is 0. The summed E-state index contributed by atoms with van der Waals surface area (Å²) < 4.78 is 14.2. The van der Waals surface area contributed by atoms with E-state index in [1.54, 1.807) is 6.07 Å². The van der Waals surface area contributed by atoms with Gasteiger partial charge in [-0.1, -0.05) is 25.1 Å². The van der Waals surface area contributed by atoms with Gasteiger partial charge in [-0.2, -0.15) is 0 Å². The van der Waals surface area contributed by atoms with E-state index in [-0.39, 0.29) is 5.82 Å². The molecule has 0 atom stereocenters. The van der Waals surface area contributed by atoms with Crippen molar-refractivity contribution < 1.29 is 4.39 Å². The molecule has 0 aliphatic rings. The first-order valence-electron chi connectivity index (χ1n) is 7.42. The van der Waals surface area contributed by atoms with Crippen LogP contribution in [0.4, 0.5) is 15.8 Å². The van der Waals surface area contributed by atoms with Crippen molar-refractivity contribution in [1.29, 1.82) is 0 Å². The number of rotatable bonds is 6. The van der Waals surface area contributed by atoms with E-state index in [1.807, 2.05) is 30.1 Å². The van der Waals surface area contributed by atoms with Gasteiger partial charge in [-0.15, -0.1) is 0 Å². The second kappa shape index (κ2) is 7.23. The van der Waals surface area contributed by atoms with Gasteiger partial charge in [0.25, 0.3) is 0 Å². The number of benzene rings is 2. The van der Waals surface area contributed by atoms with E-state index in [1.165, 1.54) is 11.6 Å². The maximum Gasteiger partial charge on any atom is 0.129 e. The van der Waals surface area contributed by atoms with E-state index in [9.17, 15) is 4.39 Å². The Morgan fingerprint density at radius 3 is 2.62 bits per heavy atom. The lowest BCUT2D eigenvalue weighted by molar-refractivity contribution is 0.586. The molecule has 0 saturated heterocycles. The number of halogens is 1. The van der Waals surface area contributed by atoms with Gasteiger partial charge in [0.05, 0.1) is 0 Å². The van der Waals surface area contributed by atoms with E-state index < -0.39 is 0 Å². The highest BCUT2D eigenvalue weighted by atomic mass is 19.1. The summed E-state index contributed by atoms with van der Waals surface area (Å²) in [6.07, 6.45) is 1.04. The quantitative estimate of drug-likeness (QED) is 0.792. The Morgan fingerprint density at radius 2 is 1.90 bits per heavy atom. The van der Waals surface area contributed by atoms with Crippen molar-refractivity contribution in [3.63, 3.8) is 0 Å². The fraction of sp³-hybridized carbons (Fsp3) is 0.333. The molecule has 21 heavy (non-hydrogen) atoms. The Hall–Kier alpha value is -1.87. The van der Waals surface area contributed by atoms with Gasteiger partial charge < -0.3 is 10.2 Å². The van der Waals surface area contributed by atoms with Crippen LogP contribution in [0.25, 0.3) is 0 Å². The predicted octanol–water partition coefficient (Wildman–Crippen LogP) is 4.40. The molecular weight excluding hydrogens is 263 g/mol. The lowest BCUT2D eigenvalue weighted by Gasteiger charge is -2.23. The van der Waals surface area contributed by atoms with Crippen LogP contribution >= 0.6 is 0 Å². The van der Waals surface area contributed by atoms with Gasteiger partial charge in [-0.3, -0.25) is 0 Å². The molecule has 0 spiro atoms. The largest absolute Gasteiger partial charge is 0.344 e. The van der Waals surface area contributed by atoms with Crippen LogP contribution in [0.1, 0.15) is 24.5 Å². The van der Waals surface area contributed by atoms with Crippen LogP contribution in [0.5, 0.6) is 0 Å². The van der Waals surface area contributed by atoms with E-state index in [0.717, 1.165) is 29.9 Å². The van der Waals surface area contributed by atoms with E-state index in [0.29, 0.717) is 6.54 Å². The number of aryl methyl sites for hydroxylation is 1. The Bertz CT molecular complexity index is 596. The van der Waals surface area contributed by atoms with Gasteiger partial charge in [0.2, 0.25) is 0 Å². The summed E-state index contributed by atoms with van der Waals surface area (Å²) in [5.74, 6) is -0.157. The average molecular weight is 286 g/mol. The number of hydrogen-bond donors (Lipinski definition) is 1. The summed E-state index contributed by atoms with van der Waals surface area (Å²) in [5, 5.41) is 3.28. The maximum atomic E-state index is 14.2. The third-order valence-electron chi connectivity index (χ3n) is 3.57. The summed E-state index contributed by atoms with van der Waals surface area (Å²) in [4.78, 5) is 2.04. The zero-order valence-corrected chi connectivity index (χ0v) is 13.0. The predicted molar refractivity (Wildman–Crippen MR) is 87.6 cm³/mol. The first kappa shape index (κ1) is 15.5. The molecule has 0 aliphatic carbocycles.